The molecule has 1 aliphatic carbocycles. The molecule has 2 heterocycles. The maximum atomic E-state index is 14.3. The van der Waals surface area contributed by atoms with Crippen LogP contribution in [0.1, 0.15) is 41.3 Å². The SMILES string of the molecule is Cc1nc(NC2CN(C(=O)C3(F)CC3)Cc3ccccc32)ccc1C#N. The number of rotatable bonds is 3. The Hall–Kier alpha value is -2.94. The van der Waals surface area contributed by atoms with Crippen molar-refractivity contribution >= 4 is 11.7 Å². The molecule has 1 aliphatic heterocycles. The zero-order valence-electron chi connectivity index (χ0n) is 14.5. The highest BCUT2D eigenvalue weighted by atomic mass is 19.1. The molecule has 1 fully saturated rings. The predicted octanol–water partition coefficient (Wildman–Crippen LogP) is 3.26. The van der Waals surface area contributed by atoms with E-state index in [1.807, 2.05) is 24.3 Å². The summed E-state index contributed by atoms with van der Waals surface area (Å²) in [7, 11) is 0. The Kier molecular flexibility index (Phi) is 3.87. The monoisotopic (exact) mass is 350 g/mol. The predicted molar refractivity (Wildman–Crippen MR) is 95.0 cm³/mol. The molecule has 0 saturated heterocycles. The van der Waals surface area contributed by atoms with Crippen molar-refractivity contribution in [2.45, 2.75) is 38.0 Å². The number of hydrogen-bond donors (Lipinski definition) is 1. The average molecular weight is 350 g/mol. The molecule has 4 rings (SSSR count). The number of alkyl halides is 1. The number of amides is 1. The van der Waals surface area contributed by atoms with E-state index in [0.29, 0.717) is 43.0 Å². The van der Waals surface area contributed by atoms with Gasteiger partial charge in [0.05, 0.1) is 17.3 Å². The van der Waals surface area contributed by atoms with Crippen molar-refractivity contribution in [3.63, 3.8) is 0 Å². The number of aryl methyl sites for hydroxylation is 1. The van der Waals surface area contributed by atoms with Crippen LogP contribution in [-0.4, -0.2) is 28.0 Å². The summed E-state index contributed by atoms with van der Waals surface area (Å²) >= 11 is 0. The Labute approximate surface area is 151 Å². The van der Waals surface area contributed by atoms with E-state index in [0.717, 1.165) is 11.1 Å². The zero-order valence-corrected chi connectivity index (χ0v) is 14.5. The minimum absolute atomic E-state index is 0.175. The van der Waals surface area contributed by atoms with Crippen molar-refractivity contribution in [3.05, 3.63) is 58.8 Å². The summed E-state index contributed by atoms with van der Waals surface area (Å²) < 4.78 is 14.3. The van der Waals surface area contributed by atoms with Gasteiger partial charge >= 0.3 is 0 Å². The fraction of sp³-hybridized carbons (Fsp3) is 0.350. The van der Waals surface area contributed by atoms with Crippen molar-refractivity contribution in [1.82, 2.24) is 9.88 Å². The molecule has 1 atom stereocenters. The third kappa shape index (κ3) is 2.90. The summed E-state index contributed by atoms with van der Waals surface area (Å²) in [6, 6.07) is 13.3. The molecule has 0 bridgehead atoms. The van der Waals surface area contributed by atoms with E-state index in [9.17, 15) is 9.18 Å². The molecule has 0 radical (unpaired) electrons. The second-order valence-corrected chi connectivity index (χ2v) is 6.99. The smallest absolute Gasteiger partial charge is 0.260 e. The van der Waals surface area contributed by atoms with Crippen LogP contribution in [0.25, 0.3) is 0 Å². The van der Waals surface area contributed by atoms with Crippen molar-refractivity contribution in [3.8, 4) is 6.07 Å². The first-order valence-electron chi connectivity index (χ1n) is 8.70. The number of aromatic nitrogens is 1. The molecule has 1 aromatic heterocycles. The van der Waals surface area contributed by atoms with Gasteiger partial charge in [0.2, 0.25) is 0 Å². The van der Waals surface area contributed by atoms with Crippen molar-refractivity contribution in [2.75, 3.05) is 11.9 Å². The van der Waals surface area contributed by atoms with E-state index in [4.69, 9.17) is 5.26 Å². The van der Waals surface area contributed by atoms with Gasteiger partial charge in [-0.3, -0.25) is 4.79 Å². The van der Waals surface area contributed by atoms with Gasteiger partial charge in [-0.05, 0) is 43.0 Å². The van der Waals surface area contributed by atoms with Gasteiger partial charge < -0.3 is 10.2 Å². The molecule has 0 spiro atoms. The second kappa shape index (κ2) is 6.10. The number of nitriles is 1. The Morgan fingerprint density at radius 2 is 2.12 bits per heavy atom. The first-order chi connectivity index (χ1) is 12.5. The van der Waals surface area contributed by atoms with Gasteiger partial charge in [-0.2, -0.15) is 5.26 Å². The first-order valence-corrected chi connectivity index (χ1v) is 8.70. The van der Waals surface area contributed by atoms with Gasteiger partial charge in [0, 0.05) is 13.1 Å². The molecule has 2 aliphatic rings. The summed E-state index contributed by atoms with van der Waals surface area (Å²) in [5.41, 5.74) is 1.61. The Balaban J connectivity index is 1.62. The lowest BCUT2D eigenvalue weighted by atomic mass is 9.95. The van der Waals surface area contributed by atoms with E-state index in [1.165, 1.54) is 0 Å². The normalized spacial score (nSPS) is 20.0. The van der Waals surface area contributed by atoms with Gasteiger partial charge in [0.25, 0.3) is 5.91 Å². The fourth-order valence-electron chi connectivity index (χ4n) is 3.43. The maximum Gasteiger partial charge on any atom is 0.260 e. The van der Waals surface area contributed by atoms with Crippen LogP contribution in [0.3, 0.4) is 0 Å². The van der Waals surface area contributed by atoms with Gasteiger partial charge in [0.15, 0.2) is 5.67 Å². The number of anilines is 1. The Morgan fingerprint density at radius 3 is 2.81 bits per heavy atom. The van der Waals surface area contributed by atoms with Crippen LogP contribution in [0.15, 0.2) is 36.4 Å². The number of fused-ring (bicyclic) bond motifs is 1. The van der Waals surface area contributed by atoms with Gasteiger partial charge in [-0.15, -0.1) is 0 Å². The summed E-state index contributed by atoms with van der Waals surface area (Å²) in [4.78, 5) is 18.5. The third-order valence-corrected chi connectivity index (χ3v) is 5.08. The molecular formula is C20H19FN4O. The summed E-state index contributed by atoms with van der Waals surface area (Å²) in [6.07, 6.45) is 0.636. The summed E-state index contributed by atoms with van der Waals surface area (Å²) in [6.45, 7) is 2.61. The first kappa shape index (κ1) is 16.5. The van der Waals surface area contributed by atoms with Gasteiger partial charge in [-0.1, -0.05) is 24.3 Å². The fourth-order valence-corrected chi connectivity index (χ4v) is 3.43. The molecule has 26 heavy (non-hydrogen) atoms. The zero-order chi connectivity index (χ0) is 18.3. The van der Waals surface area contributed by atoms with Crippen molar-refractivity contribution in [1.29, 1.82) is 5.26 Å². The lowest BCUT2D eigenvalue weighted by Gasteiger charge is -2.36. The van der Waals surface area contributed by atoms with Crippen LogP contribution in [0.4, 0.5) is 10.2 Å². The number of nitrogens with zero attached hydrogens (tertiary/aromatic N) is 3. The van der Waals surface area contributed by atoms with E-state index >= 15 is 0 Å². The lowest BCUT2D eigenvalue weighted by Crippen LogP contribution is -2.44. The Bertz CT molecular complexity index is 916. The van der Waals surface area contributed by atoms with Gasteiger partial charge in [0.1, 0.15) is 11.9 Å². The summed E-state index contributed by atoms with van der Waals surface area (Å²) in [5.74, 6) is 0.222. The van der Waals surface area contributed by atoms with Crippen LogP contribution in [0.5, 0.6) is 0 Å². The average Bonchev–Trinajstić information content (AvgIpc) is 3.40. The number of carbonyl (C=O) groups is 1. The number of pyridine rings is 1. The number of nitrogens with one attached hydrogen (secondary N) is 1. The molecular weight excluding hydrogens is 331 g/mol. The van der Waals surface area contributed by atoms with Crippen LogP contribution in [0.2, 0.25) is 0 Å². The topological polar surface area (TPSA) is 69.0 Å². The summed E-state index contributed by atoms with van der Waals surface area (Å²) in [5, 5.41) is 12.4. The molecule has 1 N–H and O–H groups in total. The quantitative estimate of drug-likeness (QED) is 0.922. The highest BCUT2D eigenvalue weighted by Crippen LogP contribution is 2.43. The lowest BCUT2D eigenvalue weighted by molar-refractivity contribution is -0.139. The van der Waals surface area contributed by atoms with Crippen LogP contribution in [0, 0.1) is 18.3 Å². The standard InChI is InChI=1S/C20H19FN4O/c1-13-14(10-22)6-7-18(23-13)24-17-12-25(19(26)20(21)8-9-20)11-15-4-2-3-5-16(15)17/h2-7,17H,8-9,11-12H2,1H3,(H,23,24). The number of halogens is 1. The molecule has 1 saturated carbocycles. The van der Waals surface area contributed by atoms with Crippen LogP contribution >= 0.6 is 0 Å². The van der Waals surface area contributed by atoms with Crippen molar-refractivity contribution in [2.24, 2.45) is 0 Å². The van der Waals surface area contributed by atoms with E-state index in [-0.39, 0.29) is 6.04 Å². The highest BCUT2D eigenvalue weighted by Gasteiger charge is 2.53. The third-order valence-electron chi connectivity index (χ3n) is 5.08. The molecule has 6 heteroatoms. The molecule has 1 aromatic carbocycles. The van der Waals surface area contributed by atoms with E-state index in [1.54, 1.807) is 24.0 Å². The van der Waals surface area contributed by atoms with Crippen molar-refractivity contribution < 1.29 is 9.18 Å². The minimum atomic E-state index is -1.67. The van der Waals surface area contributed by atoms with E-state index in [2.05, 4.69) is 16.4 Å². The molecule has 5 nitrogen and oxygen atoms in total. The van der Waals surface area contributed by atoms with Gasteiger partial charge in [-0.25, -0.2) is 9.37 Å². The minimum Gasteiger partial charge on any atom is -0.361 e. The highest BCUT2D eigenvalue weighted by molar-refractivity contribution is 5.88. The Morgan fingerprint density at radius 1 is 1.35 bits per heavy atom. The van der Waals surface area contributed by atoms with E-state index < -0.39 is 11.6 Å². The maximum absolute atomic E-state index is 14.3. The number of carbonyl (C=O) groups excluding carboxylic acids is 1. The number of benzene rings is 1. The molecule has 2 aromatic rings. The van der Waals surface area contributed by atoms with Crippen LogP contribution in [-0.2, 0) is 11.3 Å². The second-order valence-electron chi connectivity index (χ2n) is 6.99. The molecule has 1 amide bonds. The molecule has 132 valence electrons. The number of hydrogen-bond acceptors (Lipinski definition) is 4. The largest absolute Gasteiger partial charge is 0.361 e. The molecule has 1 unspecified atom stereocenters. The van der Waals surface area contributed by atoms with Crippen LogP contribution < -0.4 is 5.32 Å².